The molecule has 0 radical (unpaired) electrons. The molecule has 294 valence electrons. The molecule has 0 amide bonds. The summed E-state index contributed by atoms with van der Waals surface area (Å²) < 4.78 is 0. The lowest BCUT2D eigenvalue weighted by Crippen LogP contribution is -2.20. The molecular weight excluding hydrogens is 758 g/mol. The zero-order chi connectivity index (χ0) is 41.1. The Morgan fingerprint density at radius 1 is 0.459 bits per heavy atom. The molecule has 2 aliphatic carbocycles. The van der Waals surface area contributed by atoms with Crippen molar-refractivity contribution in [2.24, 2.45) is 5.92 Å². The number of rotatable bonds is 9. The van der Waals surface area contributed by atoms with E-state index in [1.165, 1.54) is 60.1 Å². The van der Waals surface area contributed by atoms with Gasteiger partial charge in [0.2, 0.25) is 0 Å². The molecule has 0 spiro atoms. The van der Waals surface area contributed by atoms with E-state index in [1.807, 2.05) is 0 Å². The number of hydrogen-bond donors (Lipinski definition) is 0. The molecule has 1 atom stereocenters. The van der Waals surface area contributed by atoms with Gasteiger partial charge < -0.3 is 0 Å². The van der Waals surface area contributed by atoms with Gasteiger partial charge in [0.15, 0.2) is 17.5 Å². The minimum atomic E-state index is -0.637. The van der Waals surface area contributed by atoms with Crippen molar-refractivity contribution in [1.82, 2.24) is 15.0 Å². The third-order valence-corrected chi connectivity index (χ3v) is 14.4. The minimum Gasteiger partial charge on any atom is -0.209 e. The van der Waals surface area contributed by atoms with Crippen molar-refractivity contribution < 1.29 is 0 Å². The highest BCUT2D eigenvalue weighted by Crippen LogP contribution is 2.38. The topological polar surface area (TPSA) is 38.7 Å². The molecule has 10 rings (SSSR count). The zero-order valence-electron chi connectivity index (χ0n) is 34.5. The van der Waals surface area contributed by atoms with Crippen LogP contribution in [-0.4, -0.2) is 15.0 Å². The van der Waals surface area contributed by atoms with E-state index < -0.39 is 7.92 Å². The van der Waals surface area contributed by atoms with Crippen molar-refractivity contribution in [3.8, 4) is 44.8 Å². The SMILES string of the molecule is CC1=CC=C(c2nc(C3=CCC(C)C=C3)nc(-c3ccc(-c4ccc(-c5ccc(-c6ccc(P(c7ccccc7)c7ccccc7)cc6)cc5)c5ccccc45)cc3)n2)CC1. The summed E-state index contributed by atoms with van der Waals surface area (Å²) in [4.78, 5) is 15.1. The van der Waals surface area contributed by atoms with E-state index in [1.54, 1.807) is 0 Å². The Bertz CT molecular complexity index is 2940. The second-order valence-corrected chi connectivity index (χ2v) is 18.4. The smallest absolute Gasteiger partial charge is 0.164 e. The second kappa shape index (κ2) is 17.1. The van der Waals surface area contributed by atoms with Gasteiger partial charge in [-0.05, 0) is 106 Å². The normalized spacial score (nSPS) is 15.1. The first-order valence-electron chi connectivity index (χ1n) is 21.3. The lowest BCUT2D eigenvalue weighted by Gasteiger charge is -2.19. The van der Waals surface area contributed by atoms with Crippen LogP contribution in [0, 0.1) is 5.92 Å². The predicted octanol–water partition coefficient (Wildman–Crippen LogP) is 13.6. The third-order valence-electron chi connectivity index (χ3n) is 11.9. The first kappa shape index (κ1) is 38.4. The van der Waals surface area contributed by atoms with Gasteiger partial charge in [-0.1, -0.05) is 213 Å². The molecule has 0 N–H and O–H groups in total. The molecule has 0 saturated heterocycles. The number of hydrogen-bond acceptors (Lipinski definition) is 3. The minimum absolute atomic E-state index is 0.520. The molecule has 3 nitrogen and oxygen atoms in total. The van der Waals surface area contributed by atoms with Crippen LogP contribution in [0.3, 0.4) is 0 Å². The average molecular weight is 804 g/mol. The molecule has 1 aromatic heterocycles. The maximum absolute atomic E-state index is 5.05. The van der Waals surface area contributed by atoms with Gasteiger partial charge in [0.1, 0.15) is 0 Å². The molecular formula is C57H46N3P. The van der Waals surface area contributed by atoms with Gasteiger partial charge in [0.25, 0.3) is 0 Å². The standard InChI is InChI=1S/C57H46N3P/c1-39-17-21-45(22-18-39)55-58-56(46-23-19-40(2)20-24-46)60-57(59-55)47-31-29-44(30-32-47)52-38-37-51(53-15-9-10-16-54(52)53)43-27-25-41(26-28-43)42-33-35-50(36-34-42)61(48-11-5-3-6-12-48)49-13-7-4-8-14-49/h3-17,19,21-23,25-39H,18,20,24H2,1-2H3. The fraction of sp³-hybridized carbons (Fsp3) is 0.105. The highest BCUT2D eigenvalue weighted by molar-refractivity contribution is 7.79. The van der Waals surface area contributed by atoms with Crippen molar-refractivity contribution in [3.63, 3.8) is 0 Å². The lowest BCUT2D eigenvalue weighted by atomic mass is 9.91. The summed E-state index contributed by atoms with van der Waals surface area (Å²) in [6, 6.07) is 62.0. The summed E-state index contributed by atoms with van der Waals surface area (Å²) in [5.74, 6) is 2.73. The van der Waals surface area contributed by atoms with Crippen molar-refractivity contribution in [2.45, 2.75) is 33.1 Å². The zero-order valence-corrected chi connectivity index (χ0v) is 35.4. The maximum atomic E-state index is 5.05. The van der Waals surface area contributed by atoms with Crippen molar-refractivity contribution in [1.29, 1.82) is 0 Å². The largest absolute Gasteiger partial charge is 0.209 e. The molecule has 0 fully saturated rings. The van der Waals surface area contributed by atoms with Crippen molar-refractivity contribution in [3.05, 3.63) is 217 Å². The fourth-order valence-corrected chi connectivity index (χ4v) is 10.7. The molecule has 0 aliphatic heterocycles. The molecule has 8 aromatic rings. The maximum Gasteiger partial charge on any atom is 0.164 e. The Labute approximate surface area is 360 Å². The summed E-state index contributed by atoms with van der Waals surface area (Å²) in [5.41, 5.74) is 11.8. The van der Waals surface area contributed by atoms with Crippen LogP contribution in [0.2, 0.25) is 0 Å². The van der Waals surface area contributed by atoms with E-state index >= 15 is 0 Å². The summed E-state index contributed by atoms with van der Waals surface area (Å²) in [6.45, 7) is 4.42. The molecule has 2 aliphatic rings. The van der Waals surface area contributed by atoms with Gasteiger partial charge in [-0.15, -0.1) is 0 Å². The number of benzene rings is 7. The lowest BCUT2D eigenvalue weighted by molar-refractivity contribution is 0.738. The van der Waals surface area contributed by atoms with Gasteiger partial charge in [-0.3, -0.25) is 0 Å². The Balaban J connectivity index is 0.927. The Hall–Kier alpha value is -6.80. The quantitative estimate of drug-likeness (QED) is 0.136. The van der Waals surface area contributed by atoms with Crippen LogP contribution in [0.15, 0.2) is 206 Å². The van der Waals surface area contributed by atoms with Crippen LogP contribution in [0.5, 0.6) is 0 Å². The van der Waals surface area contributed by atoms with Crippen molar-refractivity contribution >= 4 is 45.8 Å². The number of aromatic nitrogens is 3. The van der Waals surface area contributed by atoms with Crippen LogP contribution in [0.25, 0.3) is 66.7 Å². The molecule has 0 bridgehead atoms. The average Bonchev–Trinajstić information content (AvgIpc) is 3.33. The number of fused-ring (bicyclic) bond motifs is 1. The van der Waals surface area contributed by atoms with Crippen LogP contribution >= 0.6 is 7.92 Å². The Morgan fingerprint density at radius 3 is 1.49 bits per heavy atom. The summed E-state index contributed by atoms with van der Waals surface area (Å²) in [7, 11) is -0.637. The number of nitrogens with zero attached hydrogens (tertiary/aromatic N) is 3. The van der Waals surface area contributed by atoms with Gasteiger partial charge in [0.05, 0.1) is 0 Å². The highest BCUT2D eigenvalue weighted by Gasteiger charge is 2.19. The van der Waals surface area contributed by atoms with Crippen LogP contribution in [0.4, 0.5) is 0 Å². The van der Waals surface area contributed by atoms with Gasteiger partial charge in [-0.25, -0.2) is 15.0 Å². The first-order chi connectivity index (χ1) is 30.0. The number of allylic oxidation sites excluding steroid dienone is 8. The molecule has 7 aromatic carbocycles. The van der Waals surface area contributed by atoms with Gasteiger partial charge in [-0.2, -0.15) is 0 Å². The van der Waals surface area contributed by atoms with E-state index in [2.05, 4.69) is 214 Å². The molecule has 1 heterocycles. The van der Waals surface area contributed by atoms with Gasteiger partial charge in [0, 0.05) is 11.1 Å². The molecule has 4 heteroatoms. The van der Waals surface area contributed by atoms with E-state index in [-0.39, 0.29) is 0 Å². The summed E-state index contributed by atoms with van der Waals surface area (Å²) in [6.07, 6.45) is 14.0. The Morgan fingerprint density at radius 2 is 0.951 bits per heavy atom. The van der Waals surface area contributed by atoms with E-state index in [4.69, 9.17) is 15.0 Å². The first-order valence-corrected chi connectivity index (χ1v) is 22.6. The van der Waals surface area contributed by atoms with Crippen LogP contribution < -0.4 is 15.9 Å². The van der Waals surface area contributed by atoms with Gasteiger partial charge >= 0.3 is 0 Å². The van der Waals surface area contributed by atoms with E-state index in [0.29, 0.717) is 11.7 Å². The van der Waals surface area contributed by atoms with E-state index in [9.17, 15) is 0 Å². The third kappa shape index (κ3) is 8.10. The fourth-order valence-electron chi connectivity index (χ4n) is 8.45. The summed E-state index contributed by atoms with van der Waals surface area (Å²) in [5, 5.41) is 6.53. The second-order valence-electron chi connectivity index (χ2n) is 16.2. The molecule has 1 unspecified atom stereocenters. The van der Waals surface area contributed by atoms with Crippen molar-refractivity contribution in [2.75, 3.05) is 0 Å². The monoisotopic (exact) mass is 803 g/mol. The Kier molecular flexibility index (Phi) is 10.7. The predicted molar refractivity (Wildman–Crippen MR) is 260 cm³/mol. The molecule has 0 saturated carbocycles. The highest BCUT2D eigenvalue weighted by atomic mass is 31.1. The summed E-state index contributed by atoms with van der Waals surface area (Å²) >= 11 is 0. The van der Waals surface area contributed by atoms with E-state index in [0.717, 1.165) is 53.2 Å². The van der Waals surface area contributed by atoms with Crippen LogP contribution in [0.1, 0.15) is 44.8 Å². The van der Waals surface area contributed by atoms with Crippen LogP contribution in [-0.2, 0) is 0 Å². The molecule has 61 heavy (non-hydrogen) atoms.